The van der Waals surface area contributed by atoms with E-state index < -0.39 is 0 Å². The first-order valence-corrected chi connectivity index (χ1v) is 11.0. The van der Waals surface area contributed by atoms with Gasteiger partial charge in [-0.05, 0) is 59.5 Å². The summed E-state index contributed by atoms with van der Waals surface area (Å²) in [5.74, 6) is -0.325. The molecule has 0 radical (unpaired) electrons. The van der Waals surface area contributed by atoms with Crippen LogP contribution in [0.2, 0.25) is 0 Å². The molecule has 2 aromatic rings. The number of rotatable bonds is 6. The highest BCUT2D eigenvalue weighted by molar-refractivity contribution is 7.07. The Hall–Kier alpha value is -1.76. The largest absolute Gasteiger partial charge is 0.374 e. The van der Waals surface area contributed by atoms with Crippen molar-refractivity contribution in [2.75, 3.05) is 26.2 Å². The Labute approximate surface area is 169 Å². The molecular weight excluding hydrogens is 375 g/mol. The molecule has 2 fully saturated rings. The second-order valence-corrected chi connectivity index (χ2v) is 8.54. The van der Waals surface area contributed by atoms with E-state index >= 15 is 0 Å². The lowest BCUT2D eigenvalue weighted by atomic mass is 10.1. The normalized spacial score (nSPS) is 21.1. The van der Waals surface area contributed by atoms with Crippen LogP contribution in [0.1, 0.15) is 41.6 Å². The van der Waals surface area contributed by atoms with E-state index in [2.05, 4.69) is 21.7 Å². The first-order chi connectivity index (χ1) is 13.7. The van der Waals surface area contributed by atoms with Gasteiger partial charge in [0.05, 0.1) is 12.7 Å². The van der Waals surface area contributed by atoms with Crippen molar-refractivity contribution in [2.45, 2.75) is 44.4 Å². The van der Waals surface area contributed by atoms with E-state index in [1.165, 1.54) is 17.7 Å². The summed E-state index contributed by atoms with van der Waals surface area (Å²) in [6.07, 6.45) is 4.41. The minimum Gasteiger partial charge on any atom is -0.374 e. The summed E-state index contributed by atoms with van der Waals surface area (Å²) in [6.45, 7) is 3.97. The summed E-state index contributed by atoms with van der Waals surface area (Å²) in [6, 6.07) is 8.32. The summed E-state index contributed by atoms with van der Waals surface area (Å²) in [5.41, 5.74) is 1.89. The zero-order valence-electron chi connectivity index (χ0n) is 16.1. The van der Waals surface area contributed by atoms with E-state index in [9.17, 15) is 9.18 Å². The molecule has 2 heterocycles. The lowest BCUT2D eigenvalue weighted by Crippen LogP contribution is -2.50. The minimum atomic E-state index is -0.316. The zero-order chi connectivity index (χ0) is 19.3. The van der Waals surface area contributed by atoms with E-state index in [1.54, 1.807) is 23.5 Å². The van der Waals surface area contributed by atoms with Crippen molar-refractivity contribution in [1.82, 2.24) is 9.80 Å². The molecule has 1 unspecified atom stereocenters. The summed E-state index contributed by atoms with van der Waals surface area (Å²) >= 11 is 1.72. The van der Waals surface area contributed by atoms with Crippen molar-refractivity contribution in [3.63, 3.8) is 0 Å². The summed E-state index contributed by atoms with van der Waals surface area (Å²) in [4.78, 5) is 17.6. The van der Waals surface area contributed by atoms with Gasteiger partial charge in [-0.2, -0.15) is 11.3 Å². The molecule has 1 amide bonds. The van der Waals surface area contributed by atoms with Crippen LogP contribution in [-0.4, -0.2) is 54.1 Å². The van der Waals surface area contributed by atoms with Crippen LogP contribution < -0.4 is 0 Å². The average molecular weight is 403 g/mol. The molecule has 28 heavy (non-hydrogen) atoms. The molecule has 1 aromatic heterocycles. The van der Waals surface area contributed by atoms with Crippen molar-refractivity contribution in [1.29, 1.82) is 0 Å². The molecule has 2 aliphatic rings. The molecule has 1 aliphatic heterocycles. The van der Waals surface area contributed by atoms with Gasteiger partial charge in [0.2, 0.25) is 0 Å². The fourth-order valence-corrected chi connectivity index (χ4v) is 4.93. The fraction of sp³-hybridized carbons (Fsp3) is 0.500. The Morgan fingerprint density at radius 3 is 2.71 bits per heavy atom. The first kappa shape index (κ1) is 19.6. The van der Waals surface area contributed by atoms with E-state index in [1.807, 2.05) is 4.90 Å². The number of carbonyl (C=O) groups excluding carboxylic acids is 1. The highest BCUT2D eigenvalue weighted by Crippen LogP contribution is 2.26. The molecule has 150 valence electrons. The molecule has 4 nitrogen and oxygen atoms in total. The predicted octanol–water partition coefficient (Wildman–Crippen LogP) is 4.17. The Bertz CT molecular complexity index is 759. The second kappa shape index (κ2) is 9.16. The molecule has 0 N–H and O–H groups in total. The number of morpholine rings is 1. The van der Waals surface area contributed by atoms with Gasteiger partial charge in [-0.1, -0.05) is 12.8 Å². The number of hydrogen-bond donors (Lipinski definition) is 0. The summed E-state index contributed by atoms with van der Waals surface area (Å²) in [5, 5.41) is 4.30. The van der Waals surface area contributed by atoms with Crippen molar-refractivity contribution < 1.29 is 13.9 Å². The smallest absolute Gasteiger partial charge is 0.254 e. The van der Waals surface area contributed by atoms with Crippen molar-refractivity contribution in [2.24, 2.45) is 0 Å². The van der Waals surface area contributed by atoms with E-state index in [-0.39, 0.29) is 23.9 Å². The monoisotopic (exact) mass is 402 g/mol. The lowest BCUT2D eigenvalue weighted by molar-refractivity contribution is -0.0468. The Morgan fingerprint density at radius 2 is 2.00 bits per heavy atom. The molecular formula is C22H27FN2O2S. The molecule has 6 heteroatoms. The van der Waals surface area contributed by atoms with Gasteiger partial charge in [0.1, 0.15) is 5.82 Å². The Kier molecular flexibility index (Phi) is 6.40. The summed E-state index contributed by atoms with van der Waals surface area (Å²) in [7, 11) is 0. The van der Waals surface area contributed by atoms with E-state index in [4.69, 9.17) is 4.74 Å². The SMILES string of the molecule is O=C(c1ccc(F)cc1)N(CC1CN(Cc2ccsc2)CCO1)C1CCCC1. The number of halogens is 1. The van der Waals surface area contributed by atoms with Crippen LogP contribution in [0.5, 0.6) is 0 Å². The maximum absolute atomic E-state index is 13.3. The van der Waals surface area contributed by atoms with Gasteiger partial charge in [0.25, 0.3) is 5.91 Å². The van der Waals surface area contributed by atoms with Gasteiger partial charge in [-0.15, -0.1) is 0 Å². The molecule has 1 saturated heterocycles. The highest BCUT2D eigenvalue weighted by Gasteiger charge is 2.31. The molecule has 1 saturated carbocycles. The van der Waals surface area contributed by atoms with Gasteiger partial charge < -0.3 is 9.64 Å². The van der Waals surface area contributed by atoms with Gasteiger partial charge in [0.15, 0.2) is 0 Å². The average Bonchev–Trinajstić information content (AvgIpc) is 3.41. The number of ether oxygens (including phenoxy) is 1. The molecule has 1 aromatic carbocycles. The predicted molar refractivity (Wildman–Crippen MR) is 109 cm³/mol. The van der Waals surface area contributed by atoms with Crippen molar-refractivity contribution in [3.8, 4) is 0 Å². The quantitative estimate of drug-likeness (QED) is 0.727. The molecule has 4 rings (SSSR count). The number of thiophene rings is 1. The van der Waals surface area contributed by atoms with Crippen molar-refractivity contribution >= 4 is 17.2 Å². The molecule has 0 spiro atoms. The summed E-state index contributed by atoms with van der Waals surface area (Å²) < 4.78 is 19.3. The van der Waals surface area contributed by atoms with Crippen LogP contribution in [0.25, 0.3) is 0 Å². The van der Waals surface area contributed by atoms with Gasteiger partial charge in [-0.25, -0.2) is 4.39 Å². The highest BCUT2D eigenvalue weighted by atomic mass is 32.1. The Morgan fingerprint density at radius 1 is 1.21 bits per heavy atom. The third-order valence-corrected chi connectivity index (χ3v) is 6.46. The van der Waals surface area contributed by atoms with E-state index in [0.717, 1.165) is 45.3 Å². The number of carbonyl (C=O) groups is 1. The lowest BCUT2D eigenvalue weighted by Gasteiger charge is -2.37. The maximum Gasteiger partial charge on any atom is 0.254 e. The maximum atomic E-state index is 13.3. The van der Waals surface area contributed by atoms with Crippen LogP contribution in [0.4, 0.5) is 4.39 Å². The molecule has 1 atom stereocenters. The third kappa shape index (κ3) is 4.80. The number of nitrogens with zero attached hydrogens (tertiary/aromatic N) is 2. The topological polar surface area (TPSA) is 32.8 Å². The molecule has 1 aliphatic carbocycles. The second-order valence-electron chi connectivity index (χ2n) is 7.76. The Balaban J connectivity index is 1.44. The number of benzene rings is 1. The zero-order valence-corrected chi connectivity index (χ0v) is 16.9. The van der Waals surface area contributed by atoms with Crippen LogP contribution in [-0.2, 0) is 11.3 Å². The number of amides is 1. The van der Waals surface area contributed by atoms with Crippen LogP contribution >= 0.6 is 11.3 Å². The standard InChI is InChI=1S/C22H27FN2O2S/c23-19-7-5-18(6-8-19)22(26)25(20-3-1-2-4-20)15-21-14-24(10-11-27-21)13-17-9-12-28-16-17/h5-9,12,16,20-21H,1-4,10-11,13-15H2. The fourth-order valence-electron chi connectivity index (χ4n) is 4.27. The number of hydrogen-bond acceptors (Lipinski definition) is 4. The van der Waals surface area contributed by atoms with Gasteiger partial charge >= 0.3 is 0 Å². The van der Waals surface area contributed by atoms with E-state index in [0.29, 0.717) is 18.7 Å². The van der Waals surface area contributed by atoms with Crippen LogP contribution in [0.3, 0.4) is 0 Å². The first-order valence-electron chi connectivity index (χ1n) is 10.1. The van der Waals surface area contributed by atoms with Gasteiger partial charge in [-0.3, -0.25) is 9.69 Å². The molecule has 0 bridgehead atoms. The van der Waals surface area contributed by atoms with Crippen molar-refractivity contribution in [3.05, 3.63) is 58.0 Å². The van der Waals surface area contributed by atoms with Crippen LogP contribution in [0, 0.1) is 5.82 Å². The third-order valence-electron chi connectivity index (χ3n) is 5.73. The van der Waals surface area contributed by atoms with Crippen LogP contribution in [0.15, 0.2) is 41.1 Å². The van der Waals surface area contributed by atoms with Gasteiger partial charge in [0, 0.05) is 37.8 Å². The minimum absolute atomic E-state index is 0.00884.